The predicted molar refractivity (Wildman–Crippen MR) is 56.1 cm³/mol. The van der Waals surface area contributed by atoms with Crippen molar-refractivity contribution >= 4 is 0 Å². The Morgan fingerprint density at radius 2 is 1.64 bits per heavy atom. The molecule has 0 atom stereocenters. The molecule has 0 spiro atoms. The molecule has 0 aliphatic rings. The molecular formula is C10H23NO3. The molecule has 0 heterocycles. The lowest BCUT2D eigenvalue weighted by atomic mass is 9.93. The number of rotatable bonds is 9. The van der Waals surface area contributed by atoms with Crippen molar-refractivity contribution in [2.75, 3.05) is 32.9 Å². The molecule has 0 saturated heterocycles. The first-order valence-corrected chi connectivity index (χ1v) is 5.22. The topological polar surface area (TPSA) is 72.7 Å². The van der Waals surface area contributed by atoms with Crippen LogP contribution in [-0.2, 0) is 0 Å². The van der Waals surface area contributed by atoms with Crippen LogP contribution in [-0.4, -0.2) is 48.2 Å². The molecule has 0 unspecified atom stereocenters. The van der Waals surface area contributed by atoms with Gasteiger partial charge in [0, 0.05) is 18.6 Å². The molecule has 86 valence electrons. The largest absolute Gasteiger partial charge is 0.396 e. The summed E-state index contributed by atoms with van der Waals surface area (Å²) in [5.41, 5.74) is -0.420. The first-order valence-electron chi connectivity index (χ1n) is 5.22. The zero-order valence-electron chi connectivity index (χ0n) is 9.00. The van der Waals surface area contributed by atoms with Crippen molar-refractivity contribution in [2.45, 2.75) is 26.2 Å². The number of nitrogens with one attached hydrogen (secondary N) is 1. The molecule has 4 heteroatoms. The average Bonchev–Trinajstić information content (AvgIpc) is 2.23. The van der Waals surface area contributed by atoms with Crippen LogP contribution in [0, 0.1) is 5.41 Å². The van der Waals surface area contributed by atoms with Crippen LogP contribution in [0.25, 0.3) is 0 Å². The van der Waals surface area contributed by atoms with Gasteiger partial charge >= 0.3 is 0 Å². The Hall–Kier alpha value is -0.160. The van der Waals surface area contributed by atoms with E-state index in [0.29, 0.717) is 6.54 Å². The van der Waals surface area contributed by atoms with E-state index < -0.39 is 5.41 Å². The highest BCUT2D eigenvalue weighted by Crippen LogP contribution is 2.11. The fraction of sp³-hybridized carbons (Fsp3) is 1.00. The Bertz CT molecular complexity index is 127. The minimum atomic E-state index is -0.420. The SMILES string of the molecule is CC(CO)(CO)CNCCCCCO. The quantitative estimate of drug-likeness (QED) is 0.391. The van der Waals surface area contributed by atoms with E-state index in [9.17, 15) is 0 Å². The van der Waals surface area contributed by atoms with Crippen molar-refractivity contribution in [1.82, 2.24) is 5.32 Å². The number of hydrogen-bond acceptors (Lipinski definition) is 4. The zero-order valence-corrected chi connectivity index (χ0v) is 9.00. The van der Waals surface area contributed by atoms with Crippen molar-refractivity contribution in [3.05, 3.63) is 0 Å². The van der Waals surface area contributed by atoms with E-state index in [1.54, 1.807) is 0 Å². The van der Waals surface area contributed by atoms with Crippen LogP contribution in [0.1, 0.15) is 26.2 Å². The Labute approximate surface area is 86.0 Å². The molecule has 4 N–H and O–H groups in total. The summed E-state index contributed by atoms with van der Waals surface area (Å²) >= 11 is 0. The van der Waals surface area contributed by atoms with Gasteiger partial charge in [-0.15, -0.1) is 0 Å². The lowest BCUT2D eigenvalue weighted by Gasteiger charge is -2.24. The van der Waals surface area contributed by atoms with E-state index in [0.717, 1.165) is 25.8 Å². The number of unbranched alkanes of at least 4 members (excludes halogenated alkanes) is 2. The predicted octanol–water partition coefficient (Wildman–Crippen LogP) is -0.271. The summed E-state index contributed by atoms with van der Waals surface area (Å²) in [4.78, 5) is 0. The second kappa shape index (κ2) is 8.17. The Kier molecular flexibility index (Phi) is 8.08. The highest BCUT2D eigenvalue weighted by atomic mass is 16.3. The van der Waals surface area contributed by atoms with Crippen LogP contribution in [0.15, 0.2) is 0 Å². The molecule has 0 bridgehead atoms. The number of aliphatic hydroxyl groups is 3. The van der Waals surface area contributed by atoms with Gasteiger partial charge in [0.1, 0.15) is 0 Å². The van der Waals surface area contributed by atoms with E-state index >= 15 is 0 Å². The van der Waals surface area contributed by atoms with Gasteiger partial charge in [-0.3, -0.25) is 0 Å². The van der Waals surface area contributed by atoms with Gasteiger partial charge in [-0.1, -0.05) is 6.92 Å². The third kappa shape index (κ3) is 6.32. The van der Waals surface area contributed by atoms with Crippen molar-refractivity contribution in [3.63, 3.8) is 0 Å². The molecule has 0 fully saturated rings. The minimum Gasteiger partial charge on any atom is -0.396 e. The molecule has 0 rings (SSSR count). The van der Waals surface area contributed by atoms with E-state index in [1.165, 1.54) is 0 Å². The van der Waals surface area contributed by atoms with Gasteiger partial charge in [0.25, 0.3) is 0 Å². The lowest BCUT2D eigenvalue weighted by Crippen LogP contribution is -2.38. The van der Waals surface area contributed by atoms with E-state index in [2.05, 4.69) is 5.32 Å². The summed E-state index contributed by atoms with van der Waals surface area (Å²) in [6, 6.07) is 0. The smallest absolute Gasteiger partial charge is 0.0518 e. The Morgan fingerprint density at radius 1 is 1.00 bits per heavy atom. The van der Waals surface area contributed by atoms with Gasteiger partial charge in [0.15, 0.2) is 0 Å². The summed E-state index contributed by atoms with van der Waals surface area (Å²) in [6.07, 6.45) is 2.88. The van der Waals surface area contributed by atoms with Gasteiger partial charge < -0.3 is 20.6 Å². The van der Waals surface area contributed by atoms with Gasteiger partial charge in [-0.25, -0.2) is 0 Å². The minimum absolute atomic E-state index is 0.00681. The van der Waals surface area contributed by atoms with Crippen LogP contribution >= 0.6 is 0 Å². The summed E-state index contributed by atoms with van der Waals surface area (Å²) in [6.45, 7) is 3.58. The molecule has 0 aromatic heterocycles. The molecule has 4 nitrogen and oxygen atoms in total. The first kappa shape index (κ1) is 13.8. The standard InChI is InChI=1S/C10H23NO3/c1-10(8-13,9-14)7-11-5-3-2-4-6-12/h11-14H,2-9H2,1H3. The fourth-order valence-electron chi connectivity index (χ4n) is 1.09. The molecular weight excluding hydrogens is 182 g/mol. The fourth-order valence-corrected chi connectivity index (χ4v) is 1.09. The van der Waals surface area contributed by atoms with Crippen LogP contribution < -0.4 is 5.32 Å². The average molecular weight is 205 g/mol. The van der Waals surface area contributed by atoms with Crippen molar-refractivity contribution in [2.24, 2.45) is 5.41 Å². The lowest BCUT2D eigenvalue weighted by molar-refractivity contribution is 0.0698. The monoisotopic (exact) mass is 205 g/mol. The second-order valence-corrected chi connectivity index (χ2v) is 4.09. The third-order valence-corrected chi connectivity index (χ3v) is 2.33. The normalized spacial score (nSPS) is 12.0. The Balaban J connectivity index is 3.34. The van der Waals surface area contributed by atoms with E-state index in [1.807, 2.05) is 6.92 Å². The van der Waals surface area contributed by atoms with Crippen molar-refractivity contribution in [3.8, 4) is 0 Å². The number of aliphatic hydroxyl groups excluding tert-OH is 3. The molecule has 0 aliphatic heterocycles. The highest BCUT2D eigenvalue weighted by Gasteiger charge is 2.21. The molecule has 0 radical (unpaired) electrons. The molecule has 0 amide bonds. The van der Waals surface area contributed by atoms with E-state index in [4.69, 9.17) is 15.3 Å². The maximum atomic E-state index is 8.99. The van der Waals surface area contributed by atoms with E-state index in [-0.39, 0.29) is 19.8 Å². The van der Waals surface area contributed by atoms with Gasteiger partial charge in [0.05, 0.1) is 13.2 Å². The van der Waals surface area contributed by atoms with Crippen LogP contribution in [0.2, 0.25) is 0 Å². The summed E-state index contributed by atoms with van der Waals surface area (Å²) in [7, 11) is 0. The maximum Gasteiger partial charge on any atom is 0.0518 e. The first-order chi connectivity index (χ1) is 6.68. The van der Waals surface area contributed by atoms with Crippen LogP contribution in [0.4, 0.5) is 0 Å². The Morgan fingerprint density at radius 3 is 2.14 bits per heavy atom. The van der Waals surface area contributed by atoms with Gasteiger partial charge in [-0.2, -0.15) is 0 Å². The van der Waals surface area contributed by atoms with Crippen molar-refractivity contribution < 1.29 is 15.3 Å². The maximum absolute atomic E-state index is 8.99. The van der Waals surface area contributed by atoms with Gasteiger partial charge in [0.2, 0.25) is 0 Å². The molecule has 14 heavy (non-hydrogen) atoms. The van der Waals surface area contributed by atoms with Crippen LogP contribution in [0.3, 0.4) is 0 Å². The zero-order chi connectivity index (χ0) is 10.9. The molecule has 0 saturated carbocycles. The van der Waals surface area contributed by atoms with Crippen molar-refractivity contribution in [1.29, 1.82) is 0 Å². The van der Waals surface area contributed by atoms with Crippen LogP contribution in [0.5, 0.6) is 0 Å². The summed E-state index contributed by atoms with van der Waals surface area (Å²) in [5, 5.41) is 29.7. The molecule has 0 aromatic carbocycles. The van der Waals surface area contributed by atoms with Gasteiger partial charge in [-0.05, 0) is 25.8 Å². The summed E-state index contributed by atoms with van der Waals surface area (Å²) < 4.78 is 0. The number of hydrogen-bond donors (Lipinski definition) is 4. The second-order valence-electron chi connectivity index (χ2n) is 4.09. The molecule has 0 aromatic rings. The molecule has 0 aliphatic carbocycles. The highest BCUT2D eigenvalue weighted by molar-refractivity contribution is 4.74. The summed E-state index contributed by atoms with van der Waals surface area (Å²) in [5.74, 6) is 0. The third-order valence-electron chi connectivity index (χ3n) is 2.33.